The van der Waals surface area contributed by atoms with Crippen LogP contribution in [0.25, 0.3) is 0 Å². The van der Waals surface area contributed by atoms with Gasteiger partial charge in [0.2, 0.25) is 5.91 Å². The third kappa shape index (κ3) is 1.82. The van der Waals surface area contributed by atoms with Crippen molar-refractivity contribution >= 4 is 11.7 Å². The topological polar surface area (TPSA) is 64.2 Å². The summed E-state index contributed by atoms with van der Waals surface area (Å²) >= 11 is 0. The Morgan fingerprint density at radius 3 is 2.69 bits per heavy atom. The number of aromatic nitrogens is 2. The second-order valence-corrected chi connectivity index (χ2v) is 5.24. The Kier molecular flexibility index (Phi) is 2.50. The van der Waals surface area contributed by atoms with Crippen molar-refractivity contribution in [3.63, 3.8) is 0 Å². The maximum Gasteiger partial charge on any atom is 0.229 e. The summed E-state index contributed by atoms with van der Waals surface area (Å²) < 4.78 is 1.86. The number of amides is 1. The minimum atomic E-state index is -0.133. The van der Waals surface area contributed by atoms with Crippen LogP contribution in [-0.2, 0) is 10.3 Å². The van der Waals surface area contributed by atoms with Crippen LogP contribution in [0.3, 0.4) is 0 Å². The quantitative estimate of drug-likeness (QED) is 0.760. The number of carbonyl (C=O) groups is 1. The van der Waals surface area contributed by atoms with Crippen LogP contribution in [0.4, 0.5) is 5.82 Å². The fourth-order valence-electron chi connectivity index (χ4n) is 1.97. The summed E-state index contributed by atoms with van der Waals surface area (Å²) in [7, 11) is 0. The number of carbonyl (C=O) groups excluding carboxylic acids is 1. The van der Waals surface area contributed by atoms with E-state index in [4.69, 9.17) is 5.73 Å². The van der Waals surface area contributed by atoms with E-state index in [1.54, 1.807) is 11.1 Å². The molecule has 0 spiro atoms. The standard InChI is InChI=1S/C11H18N4O/c1-11(2,3)15-9(4-5-13-15)14-7-8(12)6-10(14)16/h4-5,8H,6-7,12H2,1-3H3. The van der Waals surface area contributed by atoms with Crippen molar-refractivity contribution in [2.24, 2.45) is 5.73 Å². The van der Waals surface area contributed by atoms with Gasteiger partial charge in [0, 0.05) is 25.1 Å². The van der Waals surface area contributed by atoms with Gasteiger partial charge in [-0.3, -0.25) is 9.69 Å². The van der Waals surface area contributed by atoms with Gasteiger partial charge in [-0.15, -0.1) is 0 Å². The number of nitrogens with two attached hydrogens (primary N) is 1. The predicted octanol–water partition coefficient (Wildman–Crippen LogP) is 0.702. The summed E-state index contributed by atoms with van der Waals surface area (Å²) in [5.74, 6) is 0.920. The van der Waals surface area contributed by atoms with Crippen molar-refractivity contribution in [2.45, 2.75) is 38.8 Å². The van der Waals surface area contributed by atoms with E-state index < -0.39 is 0 Å². The van der Waals surface area contributed by atoms with Crippen LogP contribution >= 0.6 is 0 Å². The van der Waals surface area contributed by atoms with Gasteiger partial charge in [-0.25, -0.2) is 4.68 Å². The average molecular weight is 222 g/mol. The van der Waals surface area contributed by atoms with Gasteiger partial charge in [-0.2, -0.15) is 5.10 Å². The van der Waals surface area contributed by atoms with Crippen molar-refractivity contribution in [3.8, 4) is 0 Å². The van der Waals surface area contributed by atoms with Crippen molar-refractivity contribution in [1.82, 2.24) is 9.78 Å². The van der Waals surface area contributed by atoms with Crippen LogP contribution in [-0.4, -0.2) is 28.3 Å². The number of hydrogen-bond donors (Lipinski definition) is 1. The summed E-state index contributed by atoms with van der Waals surface area (Å²) in [4.78, 5) is 13.5. The molecule has 1 aliphatic heterocycles. The lowest BCUT2D eigenvalue weighted by atomic mass is 10.1. The lowest BCUT2D eigenvalue weighted by Crippen LogP contribution is -2.34. The van der Waals surface area contributed by atoms with Crippen LogP contribution in [0.2, 0.25) is 0 Å². The zero-order valence-corrected chi connectivity index (χ0v) is 9.97. The van der Waals surface area contributed by atoms with Gasteiger partial charge in [0.15, 0.2) is 0 Å². The van der Waals surface area contributed by atoms with E-state index in [0.29, 0.717) is 13.0 Å². The third-order valence-electron chi connectivity index (χ3n) is 2.69. The van der Waals surface area contributed by atoms with E-state index in [9.17, 15) is 4.79 Å². The predicted molar refractivity (Wildman–Crippen MR) is 62.2 cm³/mol. The number of nitrogens with zero attached hydrogens (tertiary/aromatic N) is 3. The second-order valence-electron chi connectivity index (χ2n) is 5.24. The molecule has 0 aliphatic carbocycles. The molecular formula is C11H18N4O. The molecule has 2 N–H and O–H groups in total. The summed E-state index contributed by atoms with van der Waals surface area (Å²) in [6, 6.07) is 1.80. The zero-order valence-electron chi connectivity index (χ0n) is 9.97. The van der Waals surface area contributed by atoms with Gasteiger partial charge in [-0.05, 0) is 20.8 Å². The Hall–Kier alpha value is -1.36. The zero-order chi connectivity index (χ0) is 11.9. The van der Waals surface area contributed by atoms with Crippen molar-refractivity contribution in [3.05, 3.63) is 12.3 Å². The molecule has 1 unspecified atom stereocenters. The first-order chi connectivity index (χ1) is 7.39. The van der Waals surface area contributed by atoms with E-state index in [2.05, 4.69) is 25.9 Å². The van der Waals surface area contributed by atoms with E-state index in [0.717, 1.165) is 5.82 Å². The molecule has 1 aromatic rings. The largest absolute Gasteiger partial charge is 0.326 e. The first kappa shape index (κ1) is 11.1. The fraction of sp³-hybridized carbons (Fsp3) is 0.636. The van der Waals surface area contributed by atoms with Gasteiger partial charge in [0.25, 0.3) is 0 Å². The Bertz CT molecular complexity index is 404. The van der Waals surface area contributed by atoms with E-state index in [-0.39, 0.29) is 17.5 Å². The molecule has 0 bridgehead atoms. The lowest BCUT2D eigenvalue weighted by molar-refractivity contribution is -0.117. The van der Waals surface area contributed by atoms with Crippen LogP contribution in [0.5, 0.6) is 0 Å². The van der Waals surface area contributed by atoms with Crippen LogP contribution in [0.1, 0.15) is 27.2 Å². The highest BCUT2D eigenvalue weighted by molar-refractivity contribution is 5.95. The molecule has 0 aromatic carbocycles. The van der Waals surface area contributed by atoms with Crippen LogP contribution < -0.4 is 10.6 Å². The van der Waals surface area contributed by atoms with Gasteiger partial charge >= 0.3 is 0 Å². The molecule has 1 fully saturated rings. The van der Waals surface area contributed by atoms with E-state index in [1.807, 2.05) is 10.7 Å². The SMILES string of the molecule is CC(C)(C)n1nccc1N1CC(N)CC1=O. The Morgan fingerprint density at radius 2 is 2.19 bits per heavy atom. The summed E-state index contributed by atoms with van der Waals surface area (Å²) in [6.45, 7) is 6.76. The molecular weight excluding hydrogens is 204 g/mol. The summed E-state index contributed by atoms with van der Waals surface area (Å²) in [6.07, 6.45) is 2.15. The smallest absolute Gasteiger partial charge is 0.229 e. The first-order valence-corrected chi connectivity index (χ1v) is 5.50. The molecule has 1 aliphatic rings. The minimum Gasteiger partial charge on any atom is -0.326 e. The molecule has 2 rings (SSSR count). The molecule has 1 aromatic heterocycles. The van der Waals surface area contributed by atoms with Crippen LogP contribution in [0.15, 0.2) is 12.3 Å². The molecule has 0 saturated carbocycles. The molecule has 0 radical (unpaired) electrons. The molecule has 1 saturated heterocycles. The van der Waals surface area contributed by atoms with Gasteiger partial charge in [-0.1, -0.05) is 0 Å². The number of hydrogen-bond acceptors (Lipinski definition) is 3. The Balaban J connectivity index is 2.35. The highest BCUT2D eigenvalue weighted by atomic mass is 16.2. The molecule has 5 nitrogen and oxygen atoms in total. The lowest BCUT2D eigenvalue weighted by Gasteiger charge is -2.26. The average Bonchev–Trinajstić information content (AvgIpc) is 2.69. The van der Waals surface area contributed by atoms with Crippen molar-refractivity contribution in [2.75, 3.05) is 11.4 Å². The Morgan fingerprint density at radius 1 is 1.50 bits per heavy atom. The molecule has 5 heteroatoms. The maximum absolute atomic E-state index is 11.8. The van der Waals surface area contributed by atoms with Crippen molar-refractivity contribution < 1.29 is 4.79 Å². The van der Waals surface area contributed by atoms with Gasteiger partial charge in [0.1, 0.15) is 5.82 Å². The van der Waals surface area contributed by atoms with Gasteiger partial charge in [0.05, 0.1) is 11.7 Å². The normalized spacial score (nSPS) is 21.9. The van der Waals surface area contributed by atoms with Crippen molar-refractivity contribution in [1.29, 1.82) is 0 Å². The second kappa shape index (κ2) is 3.59. The number of anilines is 1. The molecule has 1 amide bonds. The minimum absolute atomic E-state index is 0.0594. The third-order valence-corrected chi connectivity index (χ3v) is 2.69. The molecule has 1 atom stereocenters. The fourth-order valence-corrected chi connectivity index (χ4v) is 1.97. The Labute approximate surface area is 95.2 Å². The molecule has 88 valence electrons. The summed E-state index contributed by atoms with van der Waals surface area (Å²) in [5.41, 5.74) is 5.66. The van der Waals surface area contributed by atoms with Gasteiger partial charge < -0.3 is 5.73 Å². The molecule has 16 heavy (non-hydrogen) atoms. The first-order valence-electron chi connectivity index (χ1n) is 5.50. The number of rotatable bonds is 1. The van der Waals surface area contributed by atoms with Crippen LogP contribution in [0, 0.1) is 0 Å². The molecule has 2 heterocycles. The highest BCUT2D eigenvalue weighted by Gasteiger charge is 2.31. The van der Waals surface area contributed by atoms with E-state index >= 15 is 0 Å². The van der Waals surface area contributed by atoms with E-state index in [1.165, 1.54) is 0 Å². The summed E-state index contributed by atoms with van der Waals surface area (Å²) in [5, 5.41) is 4.27. The monoisotopic (exact) mass is 222 g/mol. The highest BCUT2D eigenvalue weighted by Crippen LogP contribution is 2.25. The maximum atomic E-state index is 11.8.